The largest absolute Gasteiger partial charge is 0.417 e. The quantitative estimate of drug-likeness (QED) is 0.526. The molecule has 0 amide bonds. The lowest BCUT2D eigenvalue weighted by Crippen LogP contribution is -2.14. The van der Waals surface area contributed by atoms with Gasteiger partial charge in [0.1, 0.15) is 0 Å². The van der Waals surface area contributed by atoms with E-state index in [1.807, 2.05) is 0 Å². The average Bonchev–Trinajstić information content (AvgIpc) is 2.56. The number of hydrogen-bond acceptors (Lipinski definition) is 2. The van der Waals surface area contributed by atoms with Crippen molar-refractivity contribution < 1.29 is 21.6 Å². The molecule has 2 aromatic carbocycles. The van der Waals surface area contributed by atoms with Crippen molar-refractivity contribution in [3.05, 3.63) is 58.1 Å². The molecule has 0 aromatic heterocycles. The Morgan fingerprint density at radius 3 is 2.27 bits per heavy atom. The first kappa shape index (κ1) is 20.8. The van der Waals surface area contributed by atoms with E-state index in [2.05, 4.69) is 27.6 Å². The van der Waals surface area contributed by atoms with E-state index in [4.69, 9.17) is 0 Å². The molecule has 0 heterocycles. The maximum absolute atomic E-state index is 12.9. The van der Waals surface area contributed by atoms with Crippen LogP contribution in [0.2, 0.25) is 0 Å². The Morgan fingerprint density at radius 2 is 1.69 bits per heavy atom. The zero-order chi connectivity index (χ0) is 19.4. The molecule has 3 nitrogen and oxygen atoms in total. The third kappa shape index (κ3) is 5.48. The fraction of sp³-hybridized carbons (Fsp3) is 0.333. The molecule has 2 rings (SSSR count). The van der Waals surface area contributed by atoms with Crippen molar-refractivity contribution in [2.45, 2.75) is 43.7 Å². The molecule has 0 radical (unpaired) electrons. The van der Waals surface area contributed by atoms with Crippen LogP contribution in [0, 0.1) is 0 Å². The lowest BCUT2D eigenvalue weighted by atomic mass is 10.1. The van der Waals surface area contributed by atoms with Crippen LogP contribution in [0.3, 0.4) is 0 Å². The van der Waals surface area contributed by atoms with Gasteiger partial charge in [-0.15, -0.1) is 0 Å². The number of alkyl halides is 3. The molecular formula is C18H19BrF3NO2S. The third-order valence-corrected chi connectivity index (χ3v) is 5.92. The van der Waals surface area contributed by atoms with Crippen LogP contribution in [-0.4, -0.2) is 8.42 Å². The van der Waals surface area contributed by atoms with Crippen molar-refractivity contribution in [3.63, 3.8) is 0 Å². The molecule has 1 N–H and O–H groups in total. The average molecular weight is 450 g/mol. The first-order valence-corrected chi connectivity index (χ1v) is 10.4. The number of sulfonamides is 1. The summed E-state index contributed by atoms with van der Waals surface area (Å²) in [6.45, 7) is 2.10. The predicted molar refractivity (Wildman–Crippen MR) is 99.6 cm³/mol. The summed E-state index contributed by atoms with van der Waals surface area (Å²) in [7, 11) is -3.96. The Labute approximate surface area is 159 Å². The molecule has 0 fully saturated rings. The summed E-state index contributed by atoms with van der Waals surface area (Å²) in [6.07, 6.45) is -0.486. The topological polar surface area (TPSA) is 46.2 Å². The molecule has 2 aromatic rings. The van der Waals surface area contributed by atoms with E-state index in [1.54, 1.807) is 12.1 Å². The predicted octanol–water partition coefficient (Wildman–Crippen LogP) is 6.00. The lowest BCUT2D eigenvalue weighted by molar-refractivity contribution is -0.138. The van der Waals surface area contributed by atoms with Gasteiger partial charge in [0.05, 0.1) is 10.5 Å². The molecular weight excluding hydrogens is 431 g/mol. The zero-order valence-corrected chi connectivity index (χ0v) is 16.5. The van der Waals surface area contributed by atoms with Crippen molar-refractivity contribution in [1.82, 2.24) is 0 Å². The highest BCUT2D eigenvalue weighted by Gasteiger charge is 2.33. The monoisotopic (exact) mass is 449 g/mol. The fourth-order valence-electron chi connectivity index (χ4n) is 2.43. The van der Waals surface area contributed by atoms with E-state index in [9.17, 15) is 21.6 Å². The van der Waals surface area contributed by atoms with Crippen LogP contribution in [0.4, 0.5) is 18.9 Å². The minimum Gasteiger partial charge on any atom is -0.280 e. The molecule has 0 aliphatic carbocycles. The second-order valence-electron chi connectivity index (χ2n) is 5.90. The second-order valence-corrected chi connectivity index (χ2v) is 8.44. The van der Waals surface area contributed by atoms with E-state index in [0.29, 0.717) is 0 Å². The number of aryl methyl sites for hydroxylation is 1. The van der Waals surface area contributed by atoms with Crippen LogP contribution in [0.25, 0.3) is 0 Å². The van der Waals surface area contributed by atoms with E-state index in [1.165, 1.54) is 18.2 Å². The second kappa shape index (κ2) is 8.43. The minimum atomic E-state index is -4.58. The number of halogens is 4. The Hall–Kier alpha value is -1.54. The van der Waals surface area contributed by atoms with Crippen LogP contribution < -0.4 is 4.72 Å². The molecule has 0 aliphatic rings. The van der Waals surface area contributed by atoms with E-state index in [0.717, 1.165) is 43.4 Å². The van der Waals surface area contributed by atoms with Gasteiger partial charge in [0.25, 0.3) is 10.0 Å². The first-order chi connectivity index (χ1) is 12.1. The van der Waals surface area contributed by atoms with Crippen molar-refractivity contribution in [2.24, 2.45) is 0 Å². The maximum atomic E-state index is 12.9. The van der Waals surface area contributed by atoms with Gasteiger partial charge in [-0.25, -0.2) is 8.42 Å². The number of benzene rings is 2. The highest BCUT2D eigenvalue weighted by Crippen LogP contribution is 2.36. The SMILES string of the molecule is CCCCCc1ccc(S(=O)(=O)Nc2ccc(Br)c(C(F)(F)F)c2)cc1. The van der Waals surface area contributed by atoms with Gasteiger partial charge in [-0.1, -0.05) is 47.8 Å². The summed E-state index contributed by atoms with van der Waals surface area (Å²) in [5.41, 5.74) is -0.0584. The van der Waals surface area contributed by atoms with Crippen LogP contribution in [0.5, 0.6) is 0 Å². The van der Waals surface area contributed by atoms with Gasteiger partial charge in [-0.2, -0.15) is 13.2 Å². The van der Waals surface area contributed by atoms with Gasteiger partial charge in [0.15, 0.2) is 0 Å². The lowest BCUT2D eigenvalue weighted by Gasteiger charge is -2.13. The molecule has 0 spiro atoms. The smallest absolute Gasteiger partial charge is 0.280 e. The van der Waals surface area contributed by atoms with Gasteiger partial charge in [-0.05, 0) is 48.7 Å². The normalized spacial score (nSPS) is 12.2. The van der Waals surface area contributed by atoms with Gasteiger partial charge in [0.2, 0.25) is 0 Å². The maximum Gasteiger partial charge on any atom is 0.417 e. The van der Waals surface area contributed by atoms with Gasteiger partial charge in [0, 0.05) is 10.2 Å². The van der Waals surface area contributed by atoms with Crippen molar-refractivity contribution in [3.8, 4) is 0 Å². The molecule has 0 saturated carbocycles. The van der Waals surface area contributed by atoms with Crippen LogP contribution in [-0.2, 0) is 22.6 Å². The Kier molecular flexibility index (Phi) is 6.74. The number of rotatable bonds is 7. The van der Waals surface area contributed by atoms with E-state index >= 15 is 0 Å². The minimum absolute atomic E-state index is 0.00761. The Morgan fingerprint density at radius 1 is 1.04 bits per heavy atom. The van der Waals surface area contributed by atoms with Gasteiger partial charge >= 0.3 is 6.18 Å². The highest BCUT2D eigenvalue weighted by atomic mass is 79.9. The standard InChI is InChI=1S/C18H19BrF3NO2S/c1-2-3-4-5-13-6-9-15(10-7-13)26(24,25)23-14-8-11-17(19)16(12-14)18(20,21)22/h6-12,23H,2-5H2,1H3. The summed E-state index contributed by atoms with van der Waals surface area (Å²) < 4.78 is 65.7. The highest BCUT2D eigenvalue weighted by molar-refractivity contribution is 9.10. The van der Waals surface area contributed by atoms with E-state index < -0.39 is 21.8 Å². The summed E-state index contributed by atoms with van der Waals surface area (Å²) in [5.74, 6) is 0. The molecule has 0 atom stereocenters. The van der Waals surface area contributed by atoms with Crippen LogP contribution >= 0.6 is 15.9 Å². The number of hydrogen-bond donors (Lipinski definition) is 1. The van der Waals surface area contributed by atoms with Gasteiger partial charge in [-0.3, -0.25) is 4.72 Å². The van der Waals surface area contributed by atoms with E-state index in [-0.39, 0.29) is 15.1 Å². The number of anilines is 1. The molecule has 0 bridgehead atoms. The van der Waals surface area contributed by atoms with Crippen LogP contribution in [0.1, 0.15) is 37.3 Å². The van der Waals surface area contributed by atoms with Crippen molar-refractivity contribution in [2.75, 3.05) is 4.72 Å². The Balaban J connectivity index is 2.18. The summed E-state index contributed by atoms with van der Waals surface area (Å²) in [5, 5.41) is 0. The molecule has 0 unspecified atom stereocenters. The van der Waals surface area contributed by atoms with Crippen LogP contribution in [0.15, 0.2) is 51.8 Å². The molecule has 0 saturated heterocycles. The zero-order valence-electron chi connectivity index (χ0n) is 14.1. The third-order valence-electron chi connectivity index (χ3n) is 3.83. The molecule has 142 valence electrons. The fourth-order valence-corrected chi connectivity index (χ4v) is 3.96. The molecule has 0 aliphatic heterocycles. The summed E-state index contributed by atoms with van der Waals surface area (Å²) >= 11 is 2.83. The number of nitrogens with one attached hydrogen (secondary N) is 1. The molecule has 8 heteroatoms. The van der Waals surface area contributed by atoms with Crippen molar-refractivity contribution >= 4 is 31.6 Å². The first-order valence-electron chi connectivity index (χ1n) is 8.12. The number of unbranched alkanes of at least 4 members (excludes halogenated alkanes) is 2. The van der Waals surface area contributed by atoms with Crippen molar-refractivity contribution in [1.29, 1.82) is 0 Å². The summed E-state index contributed by atoms with van der Waals surface area (Å²) in [6, 6.07) is 9.59. The Bertz CT molecular complexity index is 850. The summed E-state index contributed by atoms with van der Waals surface area (Å²) in [4.78, 5) is 0.00761. The molecule has 26 heavy (non-hydrogen) atoms. The van der Waals surface area contributed by atoms with Gasteiger partial charge < -0.3 is 0 Å².